The first-order valence-electron chi connectivity index (χ1n) is 5.23. The lowest BCUT2D eigenvalue weighted by molar-refractivity contribution is -0.118. The Balaban J connectivity index is 2.29. The molecule has 0 aromatic heterocycles. The van der Waals surface area contributed by atoms with Gasteiger partial charge in [-0.15, -0.1) is 0 Å². The monoisotopic (exact) mass is 225 g/mol. The number of hydrogen-bond donors (Lipinski definition) is 1. The zero-order valence-corrected chi connectivity index (χ0v) is 9.55. The fourth-order valence-corrected chi connectivity index (χ4v) is 1.24. The first-order valence-corrected chi connectivity index (χ1v) is 5.23. The number of rotatable bonds is 5. The first-order chi connectivity index (χ1) is 7.59. The molecular weight excluding hydrogens is 209 g/mol. The molecule has 0 aliphatic heterocycles. The first kappa shape index (κ1) is 12.5. The van der Waals surface area contributed by atoms with Crippen molar-refractivity contribution in [2.24, 2.45) is 0 Å². The molecule has 16 heavy (non-hydrogen) atoms. The number of carbonyl (C=O) groups excluding carboxylic acids is 1. The maximum absolute atomic E-state index is 13.3. The van der Waals surface area contributed by atoms with Crippen LogP contribution in [-0.2, 0) is 4.79 Å². The van der Waals surface area contributed by atoms with Crippen LogP contribution in [0.5, 0.6) is 5.75 Å². The lowest BCUT2D eigenvalue weighted by Crippen LogP contribution is -2.22. The van der Waals surface area contributed by atoms with Crippen LogP contribution >= 0.6 is 0 Å². The molecule has 1 aromatic rings. The summed E-state index contributed by atoms with van der Waals surface area (Å²) in [7, 11) is 0. The minimum Gasteiger partial charge on any atom is -0.490 e. The van der Waals surface area contributed by atoms with E-state index in [4.69, 9.17) is 4.74 Å². The molecule has 0 radical (unpaired) electrons. The predicted molar refractivity (Wildman–Crippen MR) is 59.9 cm³/mol. The second-order valence-corrected chi connectivity index (χ2v) is 3.62. The van der Waals surface area contributed by atoms with Crippen LogP contribution in [0.4, 0.5) is 4.39 Å². The summed E-state index contributed by atoms with van der Waals surface area (Å²) in [6.07, 6.45) is 0.660. The van der Waals surface area contributed by atoms with Gasteiger partial charge in [0.2, 0.25) is 5.91 Å². The fourth-order valence-electron chi connectivity index (χ4n) is 1.24. The van der Waals surface area contributed by atoms with Crippen molar-refractivity contribution < 1.29 is 13.9 Å². The van der Waals surface area contributed by atoms with Crippen molar-refractivity contribution in [1.29, 1.82) is 0 Å². The molecule has 0 unspecified atom stereocenters. The van der Waals surface area contributed by atoms with Crippen molar-refractivity contribution in [3.8, 4) is 5.75 Å². The van der Waals surface area contributed by atoms with Crippen molar-refractivity contribution >= 4 is 5.91 Å². The number of hydrogen-bond acceptors (Lipinski definition) is 2. The molecule has 0 aliphatic rings. The molecule has 0 atom stereocenters. The summed E-state index contributed by atoms with van der Waals surface area (Å²) < 4.78 is 18.5. The Morgan fingerprint density at radius 2 is 2.25 bits per heavy atom. The summed E-state index contributed by atoms with van der Waals surface area (Å²) >= 11 is 0. The standard InChI is InChI=1S/C12H16FNO2/c1-9-4-5-12(11(13)8-9)16-7-3-6-14-10(2)15/h4-5,8H,3,6-7H2,1-2H3,(H,14,15). The van der Waals surface area contributed by atoms with E-state index in [0.29, 0.717) is 19.6 Å². The second kappa shape index (κ2) is 6.10. The van der Waals surface area contributed by atoms with Crippen molar-refractivity contribution in [3.05, 3.63) is 29.6 Å². The van der Waals surface area contributed by atoms with Crippen LogP contribution in [0.1, 0.15) is 18.9 Å². The van der Waals surface area contributed by atoms with Gasteiger partial charge in [0.15, 0.2) is 11.6 Å². The number of aryl methyl sites for hydroxylation is 1. The third-order valence-corrected chi connectivity index (χ3v) is 2.04. The average Bonchev–Trinajstić information content (AvgIpc) is 2.20. The molecule has 88 valence electrons. The highest BCUT2D eigenvalue weighted by atomic mass is 19.1. The van der Waals surface area contributed by atoms with Gasteiger partial charge in [-0.2, -0.15) is 0 Å². The van der Waals surface area contributed by atoms with Crippen LogP contribution in [0.25, 0.3) is 0 Å². The van der Waals surface area contributed by atoms with E-state index in [1.165, 1.54) is 13.0 Å². The van der Waals surface area contributed by atoms with Crippen molar-refractivity contribution in [3.63, 3.8) is 0 Å². The van der Waals surface area contributed by atoms with Crippen LogP contribution in [-0.4, -0.2) is 19.1 Å². The summed E-state index contributed by atoms with van der Waals surface area (Å²) in [5, 5.41) is 2.64. The van der Waals surface area contributed by atoms with Crippen LogP contribution in [0.3, 0.4) is 0 Å². The van der Waals surface area contributed by atoms with E-state index in [9.17, 15) is 9.18 Å². The van der Waals surface area contributed by atoms with E-state index < -0.39 is 0 Å². The Morgan fingerprint density at radius 1 is 1.50 bits per heavy atom. The van der Waals surface area contributed by atoms with Gasteiger partial charge in [0, 0.05) is 13.5 Å². The van der Waals surface area contributed by atoms with Crippen molar-refractivity contribution in [1.82, 2.24) is 5.32 Å². The van der Waals surface area contributed by atoms with Gasteiger partial charge in [-0.25, -0.2) is 4.39 Å². The maximum Gasteiger partial charge on any atom is 0.216 e. The number of halogens is 1. The highest BCUT2D eigenvalue weighted by Gasteiger charge is 2.02. The number of ether oxygens (including phenoxy) is 1. The van der Waals surface area contributed by atoms with Crippen LogP contribution in [0.2, 0.25) is 0 Å². The van der Waals surface area contributed by atoms with Crippen LogP contribution < -0.4 is 10.1 Å². The molecule has 1 aromatic carbocycles. The molecule has 0 spiro atoms. The summed E-state index contributed by atoms with van der Waals surface area (Å²) in [6, 6.07) is 4.85. The van der Waals surface area contributed by atoms with Gasteiger partial charge < -0.3 is 10.1 Å². The van der Waals surface area contributed by atoms with Crippen molar-refractivity contribution in [2.45, 2.75) is 20.3 Å². The lowest BCUT2D eigenvalue weighted by atomic mass is 10.2. The SMILES string of the molecule is CC(=O)NCCCOc1ccc(C)cc1F. The zero-order chi connectivity index (χ0) is 12.0. The topological polar surface area (TPSA) is 38.3 Å². The molecule has 0 saturated heterocycles. The lowest BCUT2D eigenvalue weighted by Gasteiger charge is -2.07. The van der Waals surface area contributed by atoms with E-state index in [-0.39, 0.29) is 17.5 Å². The van der Waals surface area contributed by atoms with Gasteiger partial charge >= 0.3 is 0 Å². The van der Waals surface area contributed by atoms with Crippen LogP contribution in [0, 0.1) is 12.7 Å². The molecule has 3 nitrogen and oxygen atoms in total. The third kappa shape index (κ3) is 4.29. The molecule has 0 fully saturated rings. The zero-order valence-electron chi connectivity index (χ0n) is 9.55. The molecular formula is C12H16FNO2. The third-order valence-electron chi connectivity index (χ3n) is 2.04. The predicted octanol–water partition coefficient (Wildman–Crippen LogP) is 2.04. The number of benzene rings is 1. The van der Waals surface area contributed by atoms with Crippen molar-refractivity contribution in [2.75, 3.05) is 13.2 Å². The number of nitrogens with one attached hydrogen (secondary N) is 1. The quantitative estimate of drug-likeness (QED) is 0.779. The Labute approximate surface area is 94.6 Å². The van der Waals surface area contributed by atoms with Crippen LogP contribution in [0.15, 0.2) is 18.2 Å². The van der Waals surface area contributed by atoms with Gasteiger partial charge in [0.25, 0.3) is 0 Å². The van der Waals surface area contributed by atoms with Gasteiger partial charge in [0.05, 0.1) is 6.61 Å². The Bertz CT molecular complexity index is 366. The highest BCUT2D eigenvalue weighted by Crippen LogP contribution is 2.17. The van der Waals surface area contributed by atoms with Gasteiger partial charge in [0.1, 0.15) is 0 Å². The summed E-state index contributed by atoms with van der Waals surface area (Å²) in [5.74, 6) is -0.158. The minimum atomic E-state index is -0.348. The Morgan fingerprint density at radius 3 is 2.88 bits per heavy atom. The van der Waals surface area contributed by atoms with E-state index in [0.717, 1.165) is 5.56 Å². The molecule has 1 rings (SSSR count). The molecule has 1 amide bonds. The number of amides is 1. The fraction of sp³-hybridized carbons (Fsp3) is 0.417. The highest BCUT2D eigenvalue weighted by molar-refractivity contribution is 5.72. The summed E-state index contributed by atoms with van der Waals surface area (Å²) in [5.41, 5.74) is 0.864. The Kier molecular flexibility index (Phi) is 4.76. The summed E-state index contributed by atoms with van der Waals surface area (Å²) in [4.78, 5) is 10.6. The molecule has 4 heteroatoms. The second-order valence-electron chi connectivity index (χ2n) is 3.62. The Hall–Kier alpha value is -1.58. The van der Waals surface area contributed by atoms with E-state index in [1.807, 2.05) is 6.92 Å². The number of carbonyl (C=O) groups is 1. The van der Waals surface area contributed by atoms with Gasteiger partial charge in [-0.3, -0.25) is 4.79 Å². The molecule has 0 heterocycles. The normalized spacial score (nSPS) is 9.94. The molecule has 1 N–H and O–H groups in total. The van der Waals surface area contributed by atoms with Gasteiger partial charge in [-0.05, 0) is 31.0 Å². The van der Waals surface area contributed by atoms with E-state index in [1.54, 1.807) is 12.1 Å². The van der Waals surface area contributed by atoms with Gasteiger partial charge in [-0.1, -0.05) is 6.07 Å². The molecule has 0 bridgehead atoms. The van der Waals surface area contributed by atoms with E-state index >= 15 is 0 Å². The molecule has 0 aliphatic carbocycles. The summed E-state index contributed by atoms with van der Waals surface area (Å²) in [6.45, 7) is 4.22. The largest absolute Gasteiger partial charge is 0.490 e. The maximum atomic E-state index is 13.3. The average molecular weight is 225 g/mol. The van der Waals surface area contributed by atoms with E-state index in [2.05, 4.69) is 5.32 Å². The minimum absolute atomic E-state index is 0.0680. The molecule has 0 saturated carbocycles. The smallest absolute Gasteiger partial charge is 0.216 e.